The Morgan fingerprint density at radius 1 is 1.29 bits per heavy atom. The summed E-state index contributed by atoms with van der Waals surface area (Å²) in [7, 11) is 0. The molecule has 1 aromatic heterocycles. The van der Waals surface area contributed by atoms with Crippen molar-refractivity contribution in [3.63, 3.8) is 0 Å². The van der Waals surface area contributed by atoms with Crippen molar-refractivity contribution in [2.75, 3.05) is 0 Å². The molecule has 1 radical (unpaired) electrons. The molecule has 1 amide bonds. The summed E-state index contributed by atoms with van der Waals surface area (Å²) in [5.74, 6) is -0.605. The van der Waals surface area contributed by atoms with Gasteiger partial charge in [-0.3, -0.25) is 9.59 Å². The average molecular weight is 188 g/mol. The Hall–Kier alpha value is -2.31. The smallest absolute Gasteiger partial charge is 0.265 e. The molecule has 0 bridgehead atoms. The van der Waals surface area contributed by atoms with Gasteiger partial charge < -0.3 is 0 Å². The van der Waals surface area contributed by atoms with E-state index in [1.807, 2.05) is 0 Å². The molecular formula is C7H2N5O2. The van der Waals surface area contributed by atoms with Crippen LogP contribution in [0.5, 0.6) is 0 Å². The first kappa shape index (κ1) is 8.30. The Labute approximate surface area is 77.2 Å². The van der Waals surface area contributed by atoms with Crippen LogP contribution in [0.3, 0.4) is 0 Å². The lowest BCUT2D eigenvalue weighted by Crippen LogP contribution is -2.11. The predicted octanol–water partition coefficient (Wildman–Crippen LogP) is -0.667. The number of hydrogen-bond donors (Lipinski definition) is 0. The molecule has 0 atom stereocenters. The van der Waals surface area contributed by atoms with Crippen LogP contribution >= 0.6 is 0 Å². The van der Waals surface area contributed by atoms with Gasteiger partial charge in [-0.1, -0.05) is 5.11 Å². The fraction of sp³-hybridized carbons (Fsp3) is 0. The Bertz CT molecular complexity index is 507. The van der Waals surface area contributed by atoms with Crippen molar-refractivity contribution in [2.24, 2.45) is 15.4 Å². The summed E-state index contributed by atoms with van der Waals surface area (Å²) < 4.78 is 0. The molecule has 0 fully saturated rings. The lowest BCUT2D eigenvalue weighted by atomic mass is 10.2. The molecule has 2 heterocycles. The molecule has 0 saturated carbocycles. The van der Waals surface area contributed by atoms with Crippen LogP contribution in [0.15, 0.2) is 32.5 Å². The van der Waals surface area contributed by atoms with Gasteiger partial charge >= 0.3 is 5.91 Å². The van der Waals surface area contributed by atoms with Crippen LogP contribution in [0.25, 0.3) is 0 Å². The van der Waals surface area contributed by atoms with Gasteiger partial charge in [-0.15, -0.1) is 10.2 Å². The zero-order valence-corrected chi connectivity index (χ0v) is 6.71. The summed E-state index contributed by atoms with van der Waals surface area (Å²) in [5.41, 5.74) is -0.510. The summed E-state index contributed by atoms with van der Waals surface area (Å²) >= 11 is 0. The summed E-state index contributed by atoms with van der Waals surface area (Å²) in [4.78, 5) is 21.9. The van der Waals surface area contributed by atoms with E-state index in [-0.39, 0.29) is 11.3 Å². The summed E-state index contributed by atoms with van der Waals surface area (Å²) in [6, 6.07) is 3.70. The normalized spacial score (nSPS) is 14.3. The Morgan fingerprint density at radius 2 is 2.14 bits per heavy atom. The van der Waals surface area contributed by atoms with E-state index in [2.05, 4.69) is 31.7 Å². The molecule has 14 heavy (non-hydrogen) atoms. The molecule has 0 N–H and O–H groups in total. The Kier molecular flexibility index (Phi) is 1.90. The minimum absolute atomic E-state index is 0.0260. The maximum Gasteiger partial charge on any atom is 0.318 e. The fourth-order valence-corrected chi connectivity index (χ4v) is 0.881. The SMILES string of the molecule is O=C1N=NN=C1c1[c]c(=O)nncc1. The third-order valence-electron chi connectivity index (χ3n) is 1.44. The van der Waals surface area contributed by atoms with Crippen LogP contribution in [0.1, 0.15) is 5.56 Å². The second kappa shape index (κ2) is 3.21. The minimum Gasteiger partial charge on any atom is -0.265 e. The average Bonchev–Trinajstić information content (AvgIpc) is 2.45. The molecule has 1 aromatic rings. The van der Waals surface area contributed by atoms with Gasteiger partial charge in [0.1, 0.15) is 0 Å². The van der Waals surface area contributed by atoms with E-state index in [0.717, 1.165) is 0 Å². The minimum atomic E-state index is -0.674. The standard InChI is InChI=1S/C7H2N5O2/c13-5-3-4(1-2-8-9-5)6-7(14)11-12-10-6/h1-2H. The molecule has 1 aliphatic rings. The quantitative estimate of drug-likeness (QED) is 0.583. The Morgan fingerprint density at radius 3 is 2.86 bits per heavy atom. The molecule has 1 aliphatic heterocycles. The molecule has 0 spiro atoms. The topological polar surface area (TPSA) is 97.0 Å². The lowest BCUT2D eigenvalue weighted by Gasteiger charge is -1.88. The monoisotopic (exact) mass is 188 g/mol. The molecule has 7 nitrogen and oxygen atoms in total. The van der Waals surface area contributed by atoms with Gasteiger partial charge in [0.25, 0.3) is 5.56 Å². The molecule has 0 saturated heterocycles. The largest absolute Gasteiger partial charge is 0.318 e. The number of aromatic nitrogens is 2. The molecule has 0 aromatic carbocycles. The van der Waals surface area contributed by atoms with Crippen molar-refractivity contribution in [3.05, 3.63) is 34.2 Å². The third kappa shape index (κ3) is 1.42. The first-order valence-electron chi connectivity index (χ1n) is 3.56. The highest BCUT2D eigenvalue weighted by molar-refractivity contribution is 6.46. The lowest BCUT2D eigenvalue weighted by molar-refractivity contribution is -0.111. The maximum atomic E-state index is 11.0. The summed E-state index contributed by atoms with van der Waals surface area (Å²) in [5, 5.41) is 16.4. The molecule has 67 valence electrons. The van der Waals surface area contributed by atoms with E-state index in [1.54, 1.807) is 0 Å². The number of rotatable bonds is 1. The van der Waals surface area contributed by atoms with Gasteiger partial charge in [0.15, 0.2) is 5.71 Å². The second-order valence-corrected chi connectivity index (χ2v) is 2.32. The van der Waals surface area contributed by atoms with E-state index in [4.69, 9.17) is 0 Å². The van der Waals surface area contributed by atoms with Crippen LogP contribution in [0, 0.1) is 6.07 Å². The molecule has 0 aliphatic carbocycles. The predicted molar refractivity (Wildman–Crippen MR) is 43.5 cm³/mol. The number of carbonyl (C=O) groups is 1. The second-order valence-electron chi connectivity index (χ2n) is 2.32. The van der Waals surface area contributed by atoms with E-state index in [9.17, 15) is 9.59 Å². The molecule has 2 rings (SSSR count). The van der Waals surface area contributed by atoms with Crippen LogP contribution in [-0.2, 0) is 4.79 Å². The molecular weight excluding hydrogens is 186 g/mol. The van der Waals surface area contributed by atoms with Crippen LogP contribution in [-0.4, -0.2) is 21.8 Å². The highest BCUT2D eigenvalue weighted by atomic mass is 16.2. The first-order valence-corrected chi connectivity index (χ1v) is 3.56. The summed E-state index contributed by atoms with van der Waals surface area (Å²) in [6.45, 7) is 0. The van der Waals surface area contributed by atoms with Crippen molar-refractivity contribution >= 4 is 11.6 Å². The molecule has 0 unspecified atom stereocenters. The number of carbonyl (C=O) groups excluding carboxylic acids is 1. The third-order valence-corrected chi connectivity index (χ3v) is 1.44. The van der Waals surface area contributed by atoms with Gasteiger partial charge in [0.05, 0.1) is 12.3 Å². The Balaban J connectivity index is 2.55. The maximum absolute atomic E-state index is 11.0. The van der Waals surface area contributed by atoms with Gasteiger partial charge in [-0.05, 0) is 11.3 Å². The van der Waals surface area contributed by atoms with Crippen molar-refractivity contribution in [1.29, 1.82) is 0 Å². The summed E-state index contributed by atoms with van der Waals surface area (Å²) in [6.07, 6.45) is 1.27. The zero-order valence-electron chi connectivity index (χ0n) is 6.71. The van der Waals surface area contributed by atoms with Crippen LogP contribution < -0.4 is 5.56 Å². The fourth-order valence-electron chi connectivity index (χ4n) is 0.881. The van der Waals surface area contributed by atoms with E-state index < -0.39 is 11.5 Å². The van der Waals surface area contributed by atoms with Gasteiger partial charge in [0.2, 0.25) is 0 Å². The van der Waals surface area contributed by atoms with Gasteiger partial charge in [-0.25, -0.2) is 0 Å². The highest BCUT2D eigenvalue weighted by Gasteiger charge is 2.18. The number of nitrogens with zero attached hydrogens (tertiary/aromatic N) is 5. The van der Waals surface area contributed by atoms with Crippen LogP contribution in [0.4, 0.5) is 0 Å². The van der Waals surface area contributed by atoms with Crippen molar-refractivity contribution in [3.8, 4) is 0 Å². The van der Waals surface area contributed by atoms with E-state index in [0.29, 0.717) is 0 Å². The van der Waals surface area contributed by atoms with Gasteiger partial charge in [0, 0.05) is 5.56 Å². The first-order chi connectivity index (χ1) is 6.77. The number of amides is 1. The van der Waals surface area contributed by atoms with E-state index >= 15 is 0 Å². The van der Waals surface area contributed by atoms with Gasteiger partial charge in [-0.2, -0.15) is 5.10 Å². The number of hydrogen-bond acceptors (Lipinski definition) is 6. The highest BCUT2D eigenvalue weighted by Crippen LogP contribution is 2.04. The van der Waals surface area contributed by atoms with Crippen molar-refractivity contribution in [1.82, 2.24) is 10.2 Å². The van der Waals surface area contributed by atoms with Crippen LogP contribution in [0.2, 0.25) is 0 Å². The molecule has 7 heteroatoms. The van der Waals surface area contributed by atoms with Crippen molar-refractivity contribution < 1.29 is 4.79 Å². The zero-order chi connectivity index (χ0) is 9.97. The van der Waals surface area contributed by atoms with Crippen molar-refractivity contribution in [2.45, 2.75) is 0 Å². The van der Waals surface area contributed by atoms with E-state index in [1.165, 1.54) is 12.3 Å².